The molecule has 0 spiro atoms. The van der Waals surface area contributed by atoms with Gasteiger partial charge in [0.25, 0.3) is 10.2 Å². The molecule has 2 aliphatic rings. The molecule has 6 nitrogen and oxygen atoms in total. The van der Waals surface area contributed by atoms with Gasteiger partial charge in [-0.25, -0.2) is 0 Å². The summed E-state index contributed by atoms with van der Waals surface area (Å²) in [6.45, 7) is 4.21. The zero-order valence-electron chi connectivity index (χ0n) is 12.8. The molecule has 7 heteroatoms. The molecule has 1 saturated carbocycles. The maximum Gasteiger partial charge on any atom is 0.299 e. The minimum Gasteiger partial charge on any atom is -0.312 e. The standard InChI is InChI=1S/C15H21N3O3S/c1-10(2)16-22(20,21)17-13-6-5-11-7-8-18(14(11)9-13)15(19)12-3-4-12/h5-6,9-10,12,16-17H,3-4,7-8H2,1-2H3. The normalized spacial score (nSPS) is 17.7. The average molecular weight is 323 g/mol. The monoisotopic (exact) mass is 323 g/mol. The Bertz CT molecular complexity index is 696. The number of benzene rings is 1. The van der Waals surface area contributed by atoms with Crippen LogP contribution in [0, 0.1) is 5.92 Å². The molecule has 1 amide bonds. The van der Waals surface area contributed by atoms with E-state index in [0.717, 1.165) is 30.5 Å². The van der Waals surface area contributed by atoms with Crippen LogP contribution in [-0.2, 0) is 21.4 Å². The lowest BCUT2D eigenvalue weighted by molar-refractivity contribution is -0.119. The van der Waals surface area contributed by atoms with E-state index >= 15 is 0 Å². The molecule has 1 heterocycles. The number of hydrogen-bond acceptors (Lipinski definition) is 3. The Morgan fingerprint density at radius 2 is 2.05 bits per heavy atom. The molecule has 1 aliphatic carbocycles. The second kappa shape index (κ2) is 5.55. The van der Waals surface area contributed by atoms with E-state index in [9.17, 15) is 13.2 Å². The van der Waals surface area contributed by atoms with E-state index in [1.165, 1.54) is 0 Å². The molecule has 1 fully saturated rings. The van der Waals surface area contributed by atoms with Crippen molar-refractivity contribution in [3.8, 4) is 0 Å². The Morgan fingerprint density at radius 3 is 2.68 bits per heavy atom. The van der Waals surface area contributed by atoms with Crippen LogP contribution in [0.3, 0.4) is 0 Å². The summed E-state index contributed by atoms with van der Waals surface area (Å²) in [6, 6.07) is 5.20. The van der Waals surface area contributed by atoms with Gasteiger partial charge in [-0.1, -0.05) is 6.07 Å². The summed E-state index contributed by atoms with van der Waals surface area (Å²) in [7, 11) is -3.60. The predicted octanol–water partition coefficient (Wildman–Crippen LogP) is 1.64. The SMILES string of the molecule is CC(C)NS(=O)(=O)Nc1ccc2c(c1)N(C(=O)C1CC1)CC2. The van der Waals surface area contributed by atoms with Crippen molar-refractivity contribution in [3.05, 3.63) is 23.8 Å². The molecule has 2 N–H and O–H groups in total. The summed E-state index contributed by atoms with van der Waals surface area (Å²) in [5.41, 5.74) is 2.40. The summed E-state index contributed by atoms with van der Waals surface area (Å²) in [5.74, 6) is 0.327. The Hall–Kier alpha value is -1.60. The first-order valence-electron chi connectivity index (χ1n) is 7.60. The van der Waals surface area contributed by atoms with E-state index < -0.39 is 10.2 Å². The summed E-state index contributed by atoms with van der Waals surface area (Å²) in [6.07, 6.45) is 2.76. The van der Waals surface area contributed by atoms with E-state index in [1.807, 2.05) is 6.07 Å². The smallest absolute Gasteiger partial charge is 0.299 e. The molecular formula is C15H21N3O3S. The number of amides is 1. The van der Waals surface area contributed by atoms with Gasteiger partial charge in [-0.05, 0) is 50.8 Å². The van der Waals surface area contributed by atoms with Crippen LogP contribution in [0.2, 0.25) is 0 Å². The lowest BCUT2D eigenvalue weighted by atomic mass is 10.1. The van der Waals surface area contributed by atoms with Gasteiger partial charge in [0.05, 0.1) is 5.69 Å². The van der Waals surface area contributed by atoms with Gasteiger partial charge in [0, 0.05) is 24.2 Å². The molecule has 0 saturated heterocycles. The highest BCUT2D eigenvalue weighted by molar-refractivity contribution is 7.90. The first kappa shape index (κ1) is 15.3. The number of anilines is 2. The van der Waals surface area contributed by atoms with E-state index in [1.54, 1.807) is 30.9 Å². The van der Waals surface area contributed by atoms with Gasteiger partial charge in [0.1, 0.15) is 0 Å². The number of rotatable bonds is 5. The fraction of sp³-hybridized carbons (Fsp3) is 0.533. The zero-order valence-corrected chi connectivity index (χ0v) is 13.6. The largest absolute Gasteiger partial charge is 0.312 e. The van der Waals surface area contributed by atoms with Crippen molar-refractivity contribution >= 4 is 27.5 Å². The van der Waals surface area contributed by atoms with Gasteiger partial charge in [0.15, 0.2) is 0 Å². The molecule has 0 aromatic heterocycles. The molecule has 1 aromatic rings. The molecule has 3 rings (SSSR count). The van der Waals surface area contributed by atoms with Crippen molar-refractivity contribution in [1.29, 1.82) is 0 Å². The van der Waals surface area contributed by atoms with Crippen molar-refractivity contribution in [2.24, 2.45) is 5.92 Å². The van der Waals surface area contributed by atoms with Crippen LogP contribution < -0.4 is 14.3 Å². The second-order valence-corrected chi connectivity index (χ2v) is 7.68. The lowest BCUT2D eigenvalue weighted by Gasteiger charge is -2.18. The average Bonchev–Trinajstić information content (AvgIpc) is 3.16. The van der Waals surface area contributed by atoms with Crippen LogP contribution in [0.4, 0.5) is 11.4 Å². The van der Waals surface area contributed by atoms with Crippen LogP contribution in [0.1, 0.15) is 32.3 Å². The third kappa shape index (κ3) is 3.25. The van der Waals surface area contributed by atoms with E-state index in [4.69, 9.17) is 0 Å². The quantitative estimate of drug-likeness (QED) is 0.864. The van der Waals surface area contributed by atoms with Gasteiger partial charge in [-0.2, -0.15) is 13.1 Å². The number of carbonyl (C=O) groups excluding carboxylic acids is 1. The molecule has 0 atom stereocenters. The van der Waals surface area contributed by atoms with Crippen molar-refractivity contribution < 1.29 is 13.2 Å². The second-order valence-electron chi connectivity index (χ2n) is 6.24. The van der Waals surface area contributed by atoms with Gasteiger partial charge in [0.2, 0.25) is 5.91 Å². The molecule has 0 bridgehead atoms. The number of nitrogens with one attached hydrogen (secondary N) is 2. The third-order valence-corrected chi connectivity index (χ3v) is 5.10. The first-order chi connectivity index (χ1) is 10.4. The molecular weight excluding hydrogens is 302 g/mol. The van der Waals surface area contributed by atoms with Gasteiger partial charge < -0.3 is 4.90 Å². The summed E-state index contributed by atoms with van der Waals surface area (Å²) < 4.78 is 28.9. The number of nitrogens with zero attached hydrogens (tertiary/aromatic N) is 1. The third-order valence-electron chi connectivity index (χ3n) is 3.82. The minimum absolute atomic E-state index is 0.161. The fourth-order valence-corrected chi connectivity index (χ4v) is 3.83. The Kier molecular flexibility index (Phi) is 3.86. The molecule has 22 heavy (non-hydrogen) atoms. The highest BCUT2D eigenvalue weighted by Crippen LogP contribution is 2.37. The van der Waals surface area contributed by atoms with E-state index in [0.29, 0.717) is 12.2 Å². The Balaban J connectivity index is 1.81. The summed E-state index contributed by atoms with van der Waals surface area (Å²) in [4.78, 5) is 14.1. The summed E-state index contributed by atoms with van der Waals surface area (Å²) >= 11 is 0. The first-order valence-corrected chi connectivity index (χ1v) is 9.08. The van der Waals surface area contributed by atoms with Crippen LogP contribution in [0.15, 0.2) is 18.2 Å². The highest BCUT2D eigenvalue weighted by atomic mass is 32.2. The van der Waals surface area contributed by atoms with Crippen molar-refractivity contribution in [1.82, 2.24) is 4.72 Å². The van der Waals surface area contributed by atoms with E-state index in [-0.39, 0.29) is 17.9 Å². The lowest BCUT2D eigenvalue weighted by Crippen LogP contribution is -2.35. The maximum atomic E-state index is 12.3. The Morgan fingerprint density at radius 1 is 1.32 bits per heavy atom. The van der Waals surface area contributed by atoms with Crippen molar-refractivity contribution in [3.63, 3.8) is 0 Å². The van der Waals surface area contributed by atoms with Gasteiger partial charge in [-0.15, -0.1) is 0 Å². The number of carbonyl (C=O) groups is 1. The van der Waals surface area contributed by atoms with Gasteiger partial charge in [-0.3, -0.25) is 9.52 Å². The molecule has 1 aromatic carbocycles. The van der Waals surface area contributed by atoms with E-state index in [2.05, 4.69) is 9.44 Å². The van der Waals surface area contributed by atoms with Crippen LogP contribution in [0.25, 0.3) is 0 Å². The predicted molar refractivity (Wildman–Crippen MR) is 86.0 cm³/mol. The summed E-state index contributed by atoms with van der Waals surface area (Å²) in [5, 5.41) is 0. The zero-order chi connectivity index (χ0) is 15.9. The van der Waals surface area contributed by atoms with Crippen LogP contribution in [0.5, 0.6) is 0 Å². The number of fused-ring (bicyclic) bond motifs is 1. The highest BCUT2D eigenvalue weighted by Gasteiger charge is 2.36. The van der Waals surface area contributed by atoms with Crippen molar-refractivity contribution in [2.75, 3.05) is 16.2 Å². The Labute approximate surface area is 131 Å². The fourth-order valence-electron chi connectivity index (χ4n) is 2.72. The molecule has 0 radical (unpaired) electrons. The van der Waals surface area contributed by atoms with Gasteiger partial charge >= 0.3 is 0 Å². The minimum atomic E-state index is -3.60. The number of hydrogen-bond donors (Lipinski definition) is 2. The van der Waals surface area contributed by atoms with Crippen LogP contribution >= 0.6 is 0 Å². The topological polar surface area (TPSA) is 78.5 Å². The molecule has 0 unspecified atom stereocenters. The maximum absolute atomic E-state index is 12.3. The molecule has 120 valence electrons. The van der Waals surface area contributed by atoms with Crippen molar-refractivity contribution in [2.45, 2.75) is 39.2 Å². The van der Waals surface area contributed by atoms with Crippen LogP contribution in [-0.4, -0.2) is 26.9 Å². The molecule has 1 aliphatic heterocycles.